The normalized spacial score (nSPS) is 16.4. The molecule has 0 radical (unpaired) electrons. The van der Waals surface area contributed by atoms with Crippen LogP contribution in [-0.4, -0.2) is 5.84 Å². The minimum atomic E-state index is -0.0418. The molecule has 0 saturated heterocycles. The second-order valence-corrected chi connectivity index (χ2v) is 14.3. The van der Waals surface area contributed by atoms with E-state index in [-0.39, 0.29) is 12.0 Å². The number of aliphatic imine (C=N–C) groups is 1. The number of amidine groups is 1. The van der Waals surface area contributed by atoms with E-state index in [1.54, 1.807) is 0 Å². The van der Waals surface area contributed by atoms with Gasteiger partial charge in [-0.15, -0.1) is 0 Å². The molecule has 10 rings (SSSR count). The maximum absolute atomic E-state index is 6.88. The Morgan fingerprint density at radius 3 is 1.79 bits per heavy atom. The highest BCUT2D eigenvalue weighted by molar-refractivity contribution is 6.20. The first kappa shape index (κ1) is 33.4. The van der Waals surface area contributed by atoms with Gasteiger partial charge in [0.2, 0.25) is 0 Å². The standard InChI is InChI=1S/C52H39N3O/c1-5-15-36(16-6-1)38-25-29-42(30-26-38)55(43-31-27-39(28-32-43)37-17-7-2-8-18-37)48-34-33-45(51-50(48)44-23-13-14-24-49(44)56-51)52-53-46(40-19-9-3-10-20-40)35-47(54-52)41-21-11-4-12-22-41/h1-21,23-35,41,46H,22H2,(H,53,54). The van der Waals surface area contributed by atoms with Gasteiger partial charge >= 0.3 is 0 Å². The fourth-order valence-corrected chi connectivity index (χ4v) is 8.02. The Hall–Kier alpha value is -7.17. The molecule has 2 atom stereocenters. The average molecular weight is 722 g/mol. The lowest BCUT2D eigenvalue weighted by Gasteiger charge is -2.29. The zero-order valence-corrected chi connectivity index (χ0v) is 30.8. The number of benzene rings is 7. The number of rotatable bonds is 8. The highest BCUT2D eigenvalue weighted by Crippen LogP contribution is 2.45. The van der Waals surface area contributed by atoms with Crippen LogP contribution >= 0.6 is 0 Å². The molecule has 0 saturated carbocycles. The van der Waals surface area contributed by atoms with E-state index < -0.39 is 0 Å². The first-order valence-corrected chi connectivity index (χ1v) is 19.3. The molecule has 1 aliphatic carbocycles. The summed E-state index contributed by atoms with van der Waals surface area (Å²) < 4.78 is 6.88. The quantitative estimate of drug-likeness (QED) is 0.170. The summed E-state index contributed by atoms with van der Waals surface area (Å²) in [7, 11) is 0. The third kappa shape index (κ3) is 6.31. The van der Waals surface area contributed by atoms with Gasteiger partial charge in [-0.3, -0.25) is 0 Å². The zero-order valence-electron chi connectivity index (χ0n) is 30.8. The fraction of sp³-hybridized carbons (Fsp3) is 0.0577. The number of nitrogens with one attached hydrogen (secondary N) is 1. The Labute approximate surface area is 327 Å². The molecule has 7 aromatic carbocycles. The van der Waals surface area contributed by atoms with Gasteiger partial charge in [0.05, 0.1) is 22.7 Å². The molecule has 0 fully saturated rings. The Morgan fingerprint density at radius 1 is 0.571 bits per heavy atom. The smallest absolute Gasteiger partial charge is 0.148 e. The molecule has 0 spiro atoms. The number of allylic oxidation sites excluding steroid dienone is 4. The predicted octanol–water partition coefficient (Wildman–Crippen LogP) is 13.5. The van der Waals surface area contributed by atoms with Crippen molar-refractivity contribution in [2.75, 3.05) is 4.90 Å². The summed E-state index contributed by atoms with van der Waals surface area (Å²) in [4.78, 5) is 7.70. The Kier molecular flexibility index (Phi) is 8.69. The molecule has 8 aromatic rings. The number of hydrogen-bond donors (Lipinski definition) is 1. The largest absolute Gasteiger partial charge is 0.455 e. The molecule has 1 aromatic heterocycles. The number of hydrogen-bond acceptors (Lipinski definition) is 4. The predicted molar refractivity (Wildman–Crippen MR) is 233 cm³/mol. The topological polar surface area (TPSA) is 40.8 Å². The van der Waals surface area contributed by atoms with Gasteiger partial charge in [0, 0.05) is 28.4 Å². The van der Waals surface area contributed by atoms with Gasteiger partial charge in [-0.25, -0.2) is 4.99 Å². The van der Waals surface area contributed by atoms with Crippen molar-refractivity contribution >= 4 is 44.8 Å². The van der Waals surface area contributed by atoms with Crippen molar-refractivity contribution in [3.63, 3.8) is 0 Å². The van der Waals surface area contributed by atoms with Crippen molar-refractivity contribution in [3.05, 3.63) is 223 Å². The van der Waals surface area contributed by atoms with Gasteiger partial charge in [0.1, 0.15) is 17.0 Å². The van der Waals surface area contributed by atoms with Crippen LogP contribution in [0.15, 0.2) is 221 Å². The number of para-hydroxylation sites is 1. The third-order valence-electron chi connectivity index (χ3n) is 10.9. The lowest BCUT2D eigenvalue weighted by Crippen LogP contribution is -2.32. The van der Waals surface area contributed by atoms with Crippen molar-refractivity contribution in [2.24, 2.45) is 10.9 Å². The first-order valence-electron chi connectivity index (χ1n) is 19.3. The molecule has 0 bridgehead atoms. The van der Waals surface area contributed by atoms with Crippen LogP contribution in [0.25, 0.3) is 44.2 Å². The molecule has 268 valence electrons. The minimum absolute atomic E-state index is 0.0418. The van der Waals surface area contributed by atoms with E-state index >= 15 is 0 Å². The van der Waals surface area contributed by atoms with Crippen molar-refractivity contribution in [1.29, 1.82) is 0 Å². The van der Waals surface area contributed by atoms with Gasteiger partial charge in [0.25, 0.3) is 0 Å². The number of nitrogens with zero attached hydrogens (tertiary/aromatic N) is 2. The third-order valence-corrected chi connectivity index (χ3v) is 10.9. The zero-order chi connectivity index (χ0) is 37.3. The van der Waals surface area contributed by atoms with Crippen LogP contribution in [0.2, 0.25) is 0 Å². The van der Waals surface area contributed by atoms with Gasteiger partial charge in [-0.1, -0.05) is 158 Å². The summed E-state index contributed by atoms with van der Waals surface area (Å²) in [5, 5.41) is 5.90. The molecule has 2 aliphatic rings. The van der Waals surface area contributed by atoms with E-state index in [0.717, 1.165) is 62.5 Å². The van der Waals surface area contributed by atoms with Crippen LogP contribution < -0.4 is 10.2 Å². The average Bonchev–Trinajstić information content (AvgIpc) is 3.68. The first-order chi connectivity index (χ1) is 27.8. The van der Waals surface area contributed by atoms with Crippen molar-refractivity contribution < 1.29 is 4.42 Å². The summed E-state index contributed by atoms with van der Waals surface area (Å²) in [6.45, 7) is 0. The van der Waals surface area contributed by atoms with Crippen LogP contribution in [0.4, 0.5) is 17.1 Å². The summed E-state index contributed by atoms with van der Waals surface area (Å²) in [6, 6.07) is 62.1. The maximum Gasteiger partial charge on any atom is 0.148 e. The molecule has 1 N–H and O–H groups in total. The molecule has 2 heterocycles. The Morgan fingerprint density at radius 2 is 1.16 bits per heavy atom. The molecule has 4 nitrogen and oxygen atoms in total. The molecule has 4 heteroatoms. The molecular formula is C52H39N3O. The monoisotopic (exact) mass is 721 g/mol. The maximum atomic E-state index is 6.88. The second-order valence-electron chi connectivity index (χ2n) is 14.3. The number of anilines is 3. The van der Waals surface area contributed by atoms with Crippen LogP contribution in [0.3, 0.4) is 0 Å². The van der Waals surface area contributed by atoms with Crippen LogP contribution in [0.5, 0.6) is 0 Å². The minimum Gasteiger partial charge on any atom is -0.455 e. The molecular weight excluding hydrogens is 683 g/mol. The Balaban J connectivity index is 1.15. The second kappa shape index (κ2) is 14.6. The summed E-state index contributed by atoms with van der Waals surface area (Å²) >= 11 is 0. The van der Waals surface area contributed by atoms with Gasteiger partial charge in [0.15, 0.2) is 0 Å². The van der Waals surface area contributed by atoms with Crippen LogP contribution in [-0.2, 0) is 0 Å². The number of fused-ring (bicyclic) bond motifs is 3. The van der Waals surface area contributed by atoms with E-state index in [1.807, 2.05) is 6.07 Å². The lowest BCUT2D eigenvalue weighted by atomic mass is 9.93. The highest BCUT2D eigenvalue weighted by Gasteiger charge is 2.27. The van der Waals surface area contributed by atoms with E-state index in [1.165, 1.54) is 27.8 Å². The van der Waals surface area contributed by atoms with Crippen molar-refractivity contribution in [1.82, 2.24) is 5.32 Å². The fourth-order valence-electron chi connectivity index (χ4n) is 8.02. The van der Waals surface area contributed by atoms with Crippen molar-refractivity contribution in [3.8, 4) is 22.3 Å². The van der Waals surface area contributed by atoms with E-state index in [0.29, 0.717) is 0 Å². The molecule has 2 unspecified atom stereocenters. The van der Waals surface area contributed by atoms with Gasteiger partial charge < -0.3 is 14.6 Å². The number of furan rings is 1. The lowest BCUT2D eigenvalue weighted by molar-refractivity contribution is 0.664. The van der Waals surface area contributed by atoms with Crippen LogP contribution in [0.1, 0.15) is 23.6 Å². The summed E-state index contributed by atoms with van der Waals surface area (Å²) in [5.41, 5.74) is 12.7. The van der Waals surface area contributed by atoms with E-state index in [9.17, 15) is 0 Å². The summed E-state index contributed by atoms with van der Waals surface area (Å²) in [5.74, 6) is 1.00. The van der Waals surface area contributed by atoms with Crippen LogP contribution in [0, 0.1) is 5.92 Å². The highest BCUT2D eigenvalue weighted by atomic mass is 16.3. The van der Waals surface area contributed by atoms with Gasteiger partial charge in [-0.05, 0) is 82.8 Å². The van der Waals surface area contributed by atoms with Crippen molar-refractivity contribution in [2.45, 2.75) is 12.5 Å². The van der Waals surface area contributed by atoms with E-state index in [4.69, 9.17) is 9.41 Å². The van der Waals surface area contributed by atoms with E-state index in [2.05, 4.69) is 210 Å². The SMILES string of the molecule is C1=CCC(C2=CC(c3ccccc3)NC(c3ccc(N(c4ccc(-c5ccccc5)cc4)c4ccc(-c5ccccc5)cc4)c4c3oc3ccccc34)=N2)C=C1. The molecule has 56 heavy (non-hydrogen) atoms. The Bertz CT molecular complexity index is 2700. The summed E-state index contributed by atoms with van der Waals surface area (Å²) in [6.07, 6.45) is 11.9. The van der Waals surface area contributed by atoms with Gasteiger partial charge in [-0.2, -0.15) is 0 Å². The molecule has 0 amide bonds. The molecule has 1 aliphatic heterocycles.